The predicted octanol–water partition coefficient (Wildman–Crippen LogP) is 2.39. The molecular formula is C16H35N2O2+. The van der Waals surface area contributed by atoms with Gasteiger partial charge in [-0.1, -0.05) is 6.92 Å². The molecule has 2 aliphatic rings. The van der Waals surface area contributed by atoms with Gasteiger partial charge in [-0.25, -0.2) is 0 Å². The first-order valence-electron chi connectivity index (χ1n) is 8.46. The highest BCUT2D eigenvalue weighted by molar-refractivity contribution is 4.57. The lowest BCUT2D eigenvalue weighted by molar-refractivity contribution is -0.922. The fourth-order valence-corrected chi connectivity index (χ4v) is 3.30. The highest BCUT2D eigenvalue weighted by atomic mass is 16.7. The van der Waals surface area contributed by atoms with Gasteiger partial charge in [-0.3, -0.25) is 0 Å². The standard InChI is InChI=1S/C12H26NO2.C4H9N/c1-4-8-13(9-6-7-10-13)11-12(14-3)15-5-2;1-2-4-5-3-1/h12H,4-11H2,1-3H3;5H,1-4H2/q+1;. The minimum atomic E-state index is -0.0142. The Hall–Kier alpha value is -0.160. The van der Waals surface area contributed by atoms with E-state index in [4.69, 9.17) is 9.47 Å². The Labute approximate surface area is 125 Å². The van der Waals surface area contributed by atoms with Gasteiger partial charge in [0.05, 0.1) is 19.6 Å². The number of ether oxygens (including phenoxy) is 2. The second kappa shape index (κ2) is 10.6. The molecule has 1 N–H and O–H groups in total. The zero-order valence-corrected chi connectivity index (χ0v) is 13.8. The summed E-state index contributed by atoms with van der Waals surface area (Å²) >= 11 is 0. The van der Waals surface area contributed by atoms with Gasteiger partial charge in [0.1, 0.15) is 6.54 Å². The molecular weight excluding hydrogens is 252 g/mol. The van der Waals surface area contributed by atoms with Crippen molar-refractivity contribution in [2.24, 2.45) is 0 Å². The molecule has 0 aromatic carbocycles. The highest BCUT2D eigenvalue weighted by Crippen LogP contribution is 2.21. The van der Waals surface area contributed by atoms with Crippen LogP contribution in [0.4, 0.5) is 0 Å². The van der Waals surface area contributed by atoms with Gasteiger partial charge in [0.25, 0.3) is 0 Å². The normalized spacial score (nSPS) is 22.4. The van der Waals surface area contributed by atoms with E-state index in [2.05, 4.69) is 12.2 Å². The third-order valence-electron chi connectivity index (χ3n) is 4.32. The summed E-state index contributed by atoms with van der Waals surface area (Å²) in [5, 5.41) is 3.22. The maximum Gasteiger partial charge on any atom is 0.207 e. The van der Waals surface area contributed by atoms with Crippen LogP contribution in [0.1, 0.15) is 46.0 Å². The van der Waals surface area contributed by atoms with Crippen molar-refractivity contribution in [3.63, 3.8) is 0 Å². The van der Waals surface area contributed by atoms with Gasteiger partial charge in [0.15, 0.2) is 0 Å². The lowest BCUT2D eigenvalue weighted by Crippen LogP contribution is -2.51. The van der Waals surface area contributed by atoms with E-state index in [0.29, 0.717) is 0 Å². The maximum absolute atomic E-state index is 5.59. The summed E-state index contributed by atoms with van der Waals surface area (Å²) in [6.07, 6.45) is 6.74. The average molecular weight is 287 g/mol. The Bertz CT molecular complexity index is 219. The Morgan fingerprint density at radius 2 is 1.70 bits per heavy atom. The topological polar surface area (TPSA) is 30.5 Å². The van der Waals surface area contributed by atoms with Crippen LogP contribution in [0.3, 0.4) is 0 Å². The van der Waals surface area contributed by atoms with E-state index in [0.717, 1.165) is 13.2 Å². The summed E-state index contributed by atoms with van der Waals surface area (Å²) < 4.78 is 12.2. The number of hydrogen-bond acceptors (Lipinski definition) is 3. The molecule has 120 valence electrons. The van der Waals surface area contributed by atoms with E-state index in [1.807, 2.05) is 6.92 Å². The molecule has 2 saturated heterocycles. The fraction of sp³-hybridized carbons (Fsp3) is 1.00. The summed E-state index contributed by atoms with van der Waals surface area (Å²) in [5.74, 6) is 0. The van der Waals surface area contributed by atoms with Gasteiger partial charge >= 0.3 is 0 Å². The first kappa shape index (κ1) is 17.9. The molecule has 0 bridgehead atoms. The fourth-order valence-electron chi connectivity index (χ4n) is 3.30. The van der Waals surface area contributed by atoms with Crippen molar-refractivity contribution in [3.05, 3.63) is 0 Å². The van der Waals surface area contributed by atoms with Crippen molar-refractivity contribution in [2.45, 2.75) is 52.2 Å². The molecule has 1 unspecified atom stereocenters. The van der Waals surface area contributed by atoms with Gasteiger partial charge in [0.2, 0.25) is 6.29 Å². The molecule has 0 radical (unpaired) electrons. The van der Waals surface area contributed by atoms with Gasteiger partial charge in [-0.2, -0.15) is 0 Å². The van der Waals surface area contributed by atoms with Crippen LogP contribution in [0.15, 0.2) is 0 Å². The quantitative estimate of drug-likeness (QED) is 0.576. The smallest absolute Gasteiger partial charge is 0.207 e. The summed E-state index contributed by atoms with van der Waals surface area (Å²) in [4.78, 5) is 0. The van der Waals surface area contributed by atoms with Gasteiger partial charge in [0, 0.05) is 26.6 Å². The van der Waals surface area contributed by atoms with E-state index in [1.54, 1.807) is 7.11 Å². The summed E-state index contributed by atoms with van der Waals surface area (Å²) in [7, 11) is 1.75. The minimum absolute atomic E-state index is 0.0142. The predicted molar refractivity (Wildman–Crippen MR) is 83.8 cm³/mol. The second-order valence-corrected chi connectivity index (χ2v) is 5.98. The zero-order chi connectivity index (χ0) is 14.7. The van der Waals surface area contributed by atoms with Crippen molar-refractivity contribution in [2.75, 3.05) is 53.0 Å². The average Bonchev–Trinajstić information content (AvgIpc) is 3.13. The van der Waals surface area contributed by atoms with Crippen LogP contribution >= 0.6 is 0 Å². The Kier molecular flexibility index (Phi) is 9.44. The van der Waals surface area contributed by atoms with E-state index in [9.17, 15) is 0 Å². The van der Waals surface area contributed by atoms with Crippen molar-refractivity contribution in [1.82, 2.24) is 5.32 Å². The van der Waals surface area contributed by atoms with Crippen LogP contribution in [0.2, 0.25) is 0 Å². The molecule has 0 aromatic rings. The highest BCUT2D eigenvalue weighted by Gasteiger charge is 2.34. The molecule has 20 heavy (non-hydrogen) atoms. The molecule has 2 heterocycles. The van der Waals surface area contributed by atoms with Crippen LogP contribution in [0.5, 0.6) is 0 Å². The van der Waals surface area contributed by atoms with E-state index >= 15 is 0 Å². The number of quaternary nitrogens is 1. The third-order valence-corrected chi connectivity index (χ3v) is 4.32. The SMILES string of the molecule is C1CCNC1.CCC[N+]1(CC(OC)OCC)CCCC1. The van der Waals surface area contributed by atoms with Gasteiger partial charge in [-0.15, -0.1) is 0 Å². The van der Waals surface area contributed by atoms with E-state index < -0.39 is 0 Å². The molecule has 1 atom stereocenters. The number of nitrogens with zero attached hydrogens (tertiary/aromatic N) is 1. The molecule has 0 aromatic heterocycles. The number of rotatable bonds is 7. The van der Waals surface area contributed by atoms with Crippen LogP contribution < -0.4 is 5.32 Å². The first-order chi connectivity index (χ1) is 9.76. The largest absolute Gasteiger partial charge is 0.351 e. The zero-order valence-electron chi connectivity index (χ0n) is 13.8. The molecule has 0 amide bonds. The first-order valence-corrected chi connectivity index (χ1v) is 8.46. The molecule has 4 nitrogen and oxygen atoms in total. The number of nitrogens with one attached hydrogen (secondary N) is 1. The maximum atomic E-state index is 5.59. The van der Waals surface area contributed by atoms with E-state index in [1.165, 1.54) is 69.3 Å². The third kappa shape index (κ3) is 6.53. The summed E-state index contributed by atoms with van der Waals surface area (Å²) in [6, 6.07) is 0. The van der Waals surface area contributed by atoms with E-state index in [-0.39, 0.29) is 6.29 Å². The van der Waals surface area contributed by atoms with Gasteiger partial charge in [-0.05, 0) is 39.3 Å². The Morgan fingerprint density at radius 3 is 2.10 bits per heavy atom. The molecule has 2 rings (SSSR count). The molecule has 2 fully saturated rings. The number of hydrogen-bond donors (Lipinski definition) is 1. The summed E-state index contributed by atoms with van der Waals surface area (Å²) in [5.41, 5.74) is 0. The van der Waals surface area contributed by atoms with Gasteiger partial charge < -0.3 is 19.3 Å². The monoisotopic (exact) mass is 287 g/mol. The van der Waals surface area contributed by atoms with Crippen molar-refractivity contribution in [3.8, 4) is 0 Å². The van der Waals surface area contributed by atoms with Crippen molar-refractivity contribution in [1.29, 1.82) is 0 Å². The lowest BCUT2D eigenvalue weighted by Gasteiger charge is -2.36. The molecule has 0 saturated carbocycles. The van der Waals surface area contributed by atoms with Crippen LogP contribution in [-0.2, 0) is 9.47 Å². The lowest BCUT2D eigenvalue weighted by atomic mass is 10.3. The van der Waals surface area contributed by atoms with Crippen LogP contribution in [0, 0.1) is 0 Å². The van der Waals surface area contributed by atoms with Crippen LogP contribution in [-0.4, -0.2) is 63.8 Å². The minimum Gasteiger partial charge on any atom is -0.351 e. The molecule has 4 heteroatoms. The Balaban J connectivity index is 0.000000333. The molecule has 2 aliphatic heterocycles. The Morgan fingerprint density at radius 1 is 1.05 bits per heavy atom. The van der Waals surface area contributed by atoms with Crippen LogP contribution in [0.25, 0.3) is 0 Å². The summed E-state index contributed by atoms with van der Waals surface area (Å²) in [6.45, 7) is 12.4. The second-order valence-electron chi connectivity index (χ2n) is 5.98. The molecule has 0 aliphatic carbocycles. The van der Waals surface area contributed by atoms with Crippen molar-refractivity contribution < 1.29 is 14.0 Å². The number of methoxy groups -OCH3 is 1. The van der Waals surface area contributed by atoms with Crippen molar-refractivity contribution >= 4 is 0 Å². The number of likely N-dealkylation sites (tertiary alicyclic amines) is 1. The molecule has 0 spiro atoms.